The van der Waals surface area contributed by atoms with E-state index in [-0.39, 0.29) is 6.61 Å². The number of hydrogen-bond donors (Lipinski definition) is 3. The van der Waals surface area contributed by atoms with Crippen molar-refractivity contribution >= 4 is 52.4 Å². The number of H-pyrrole nitrogens is 1. The van der Waals surface area contributed by atoms with Crippen molar-refractivity contribution in [2.75, 3.05) is 12.3 Å². The number of aryl methyl sites for hydroxylation is 1. The van der Waals surface area contributed by atoms with Gasteiger partial charge in [0.05, 0.1) is 18.5 Å². The number of rotatable bonds is 5. The van der Waals surface area contributed by atoms with Crippen LogP contribution in [0.1, 0.15) is 6.42 Å². The molecule has 0 aliphatic carbocycles. The van der Waals surface area contributed by atoms with Gasteiger partial charge in [-0.05, 0) is 18.6 Å². The van der Waals surface area contributed by atoms with E-state index in [1.54, 1.807) is 0 Å². The maximum atomic E-state index is 11.6. The number of nitrogen functional groups attached to an aromatic ring is 1. The highest BCUT2D eigenvalue weighted by atomic mass is 35.5. The third-order valence-electron chi connectivity index (χ3n) is 3.18. The fourth-order valence-corrected chi connectivity index (χ4v) is 2.62. The van der Waals surface area contributed by atoms with Crippen LogP contribution in [-0.2, 0) is 11.3 Å². The van der Waals surface area contributed by atoms with Crippen LogP contribution in [0.15, 0.2) is 35.5 Å². The van der Waals surface area contributed by atoms with Crippen molar-refractivity contribution in [3.05, 3.63) is 40.8 Å². The summed E-state index contributed by atoms with van der Waals surface area (Å²) in [7, 11) is 0. The third-order valence-corrected chi connectivity index (χ3v) is 4.20. The molecule has 5 nitrogen and oxygen atoms in total. The molecule has 0 fully saturated rings. The number of aromatic nitrogens is 3. The maximum Gasteiger partial charge on any atom is 0.345 e. The number of thiol groups is 1. The molecule has 0 saturated carbocycles. The number of anilines is 1. The quantitative estimate of drug-likeness (QED) is 0.417. The molecule has 2 heterocycles. The monoisotopic (exact) mass is 408 g/mol. The van der Waals surface area contributed by atoms with Gasteiger partial charge in [0.25, 0.3) is 0 Å². The summed E-state index contributed by atoms with van der Waals surface area (Å²) in [6, 6.07) is 5.70. The number of aromatic amines is 1. The average Bonchev–Trinajstić information content (AvgIpc) is 3.08. The molecule has 1 aromatic carbocycles. The van der Waals surface area contributed by atoms with E-state index in [1.807, 2.05) is 24.4 Å². The lowest BCUT2D eigenvalue weighted by atomic mass is 10.2. The van der Waals surface area contributed by atoms with E-state index in [2.05, 4.69) is 27.4 Å². The van der Waals surface area contributed by atoms with Crippen LogP contribution in [-0.4, -0.2) is 28.0 Å². The number of benzene rings is 1. The molecule has 3 rings (SSSR count). The van der Waals surface area contributed by atoms with E-state index in [0.29, 0.717) is 23.8 Å². The lowest BCUT2D eigenvalue weighted by molar-refractivity contribution is -0.129. The number of halogens is 4. The average molecular weight is 409 g/mol. The molecule has 0 bridgehead atoms. The summed E-state index contributed by atoms with van der Waals surface area (Å²) < 4.78 is 28.6. The number of nitrogens with zero attached hydrogens (tertiary/aromatic N) is 2. The zero-order valence-corrected chi connectivity index (χ0v) is 15.3. The summed E-state index contributed by atoms with van der Waals surface area (Å²) in [4.78, 5) is 4.02. The Morgan fingerprint density at radius 3 is 2.76 bits per heavy atom. The summed E-state index contributed by atoms with van der Waals surface area (Å²) in [5.74, 6) is 0. The topological polar surface area (TPSA) is 68.9 Å². The highest BCUT2D eigenvalue weighted by Crippen LogP contribution is 2.23. The van der Waals surface area contributed by atoms with Crippen LogP contribution in [0.2, 0.25) is 10.2 Å². The van der Waals surface area contributed by atoms with Crippen molar-refractivity contribution in [3.63, 3.8) is 0 Å². The van der Waals surface area contributed by atoms with Crippen molar-refractivity contribution in [3.8, 4) is 0 Å². The Morgan fingerprint density at radius 1 is 1.36 bits per heavy atom. The number of alkyl halides is 2. The van der Waals surface area contributed by atoms with Crippen molar-refractivity contribution in [2.45, 2.75) is 24.5 Å². The van der Waals surface area contributed by atoms with E-state index in [1.165, 1.54) is 10.9 Å². The van der Waals surface area contributed by atoms with Crippen LogP contribution in [0.4, 0.5) is 14.5 Å². The predicted molar refractivity (Wildman–Crippen MR) is 98.8 cm³/mol. The van der Waals surface area contributed by atoms with Crippen molar-refractivity contribution in [2.24, 2.45) is 0 Å². The predicted octanol–water partition coefficient (Wildman–Crippen LogP) is 4.86. The Bertz CT molecular complexity index is 825. The Balaban J connectivity index is 0.000000185. The number of nitrogens with two attached hydrogens (primary N) is 1. The van der Waals surface area contributed by atoms with Crippen molar-refractivity contribution in [1.82, 2.24) is 14.8 Å². The standard InChI is InChI=1S/C8H6ClNS.C7H10ClF2N3O/c9-5-1-2-6-7(3-5)10-4-8(6)11;8-6-5(11)4-12-13(6)2-1-3-14-7(9)10/h1-4,10-11H;4,7H,1-3,11H2. The van der Waals surface area contributed by atoms with Gasteiger partial charge in [-0.15, -0.1) is 12.6 Å². The summed E-state index contributed by atoms with van der Waals surface area (Å²) in [5, 5.41) is 6.02. The number of hydrogen-bond acceptors (Lipinski definition) is 4. The second-order valence-electron chi connectivity index (χ2n) is 4.96. The minimum Gasteiger partial charge on any atom is -0.395 e. The van der Waals surface area contributed by atoms with Gasteiger partial charge in [-0.1, -0.05) is 29.3 Å². The first-order valence-electron chi connectivity index (χ1n) is 7.20. The Kier molecular flexibility index (Phi) is 7.37. The van der Waals surface area contributed by atoms with Crippen LogP contribution >= 0.6 is 35.8 Å². The maximum absolute atomic E-state index is 11.6. The molecule has 0 aliphatic heterocycles. The Morgan fingerprint density at radius 2 is 2.12 bits per heavy atom. The molecule has 0 unspecified atom stereocenters. The zero-order valence-electron chi connectivity index (χ0n) is 12.9. The molecule has 3 aromatic rings. The lowest BCUT2D eigenvalue weighted by Crippen LogP contribution is -2.06. The fraction of sp³-hybridized carbons (Fsp3) is 0.267. The summed E-state index contributed by atoms with van der Waals surface area (Å²) >= 11 is 15.8. The van der Waals surface area contributed by atoms with E-state index < -0.39 is 6.61 Å². The van der Waals surface area contributed by atoms with Crippen LogP contribution in [0.3, 0.4) is 0 Å². The molecule has 10 heteroatoms. The van der Waals surface area contributed by atoms with Gasteiger partial charge in [-0.3, -0.25) is 4.68 Å². The molecule has 0 aliphatic rings. The Labute approximate surface area is 158 Å². The molecule has 0 radical (unpaired) electrons. The summed E-state index contributed by atoms with van der Waals surface area (Å²) in [6.45, 7) is -2.36. The molecular formula is C15H16Cl2F2N4OS. The molecule has 0 spiro atoms. The SMILES string of the molecule is Nc1cnn(CCCOC(F)F)c1Cl.Sc1c[nH]c2cc(Cl)ccc12. The molecule has 0 saturated heterocycles. The fourth-order valence-electron chi connectivity index (χ4n) is 2.01. The molecule has 136 valence electrons. The highest BCUT2D eigenvalue weighted by molar-refractivity contribution is 7.80. The first-order valence-corrected chi connectivity index (χ1v) is 8.41. The smallest absolute Gasteiger partial charge is 0.345 e. The van der Waals surface area contributed by atoms with Crippen LogP contribution < -0.4 is 5.73 Å². The van der Waals surface area contributed by atoms with Gasteiger partial charge in [0.15, 0.2) is 0 Å². The third kappa shape index (κ3) is 5.78. The van der Waals surface area contributed by atoms with Crippen LogP contribution in [0, 0.1) is 0 Å². The molecule has 3 N–H and O–H groups in total. The normalized spacial score (nSPS) is 11.0. The van der Waals surface area contributed by atoms with E-state index >= 15 is 0 Å². The second kappa shape index (κ2) is 9.28. The minimum absolute atomic E-state index is 0.0340. The molecule has 2 aromatic heterocycles. The van der Waals surface area contributed by atoms with Gasteiger partial charge >= 0.3 is 6.61 Å². The molecular weight excluding hydrogens is 393 g/mol. The second-order valence-corrected chi connectivity index (χ2v) is 6.24. The van der Waals surface area contributed by atoms with Gasteiger partial charge in [-0.2, -0.15) is 13.9 Å². The van der Waals surface area contributed by atoms with Crippen molar-refractivity contribution < 1.29 is 13.5 Å². The minimum atomic E-state index is -2.73. The van der Waals surface area contributed by atoms with Crippen LogP contribution in [0.25, 0.3) is 10.9 Å². The first kappa shape index (κ1) is 19.8. The number of fused-ring (bicyclic) bond motifs is 1. The van der Waals surface area contributed by atoms with Crippen LogP contribution in [0.5, 0.6) is 0 Å². The van der Waals surface area contributed by atoms with E-state index in [0.717, 1.165) is 20.8 Å². The lowest BCUT2D eigenvalue weighted by Gasteiger charge is -2.03. The van der Waals surface area contributed by atoms with Gasteiger partial charge in [-0.25, -0.2) is 0 Å². The van der Waals surface area contributed by atoms with Gasteiger partial charge in [0.2, 0.25) is 0 Å². The highest BCUT2D eigenvalue weighted by Gasteiger charge is 2.05. The summed E-state index contributed by atoms with van der Waals surface area (Å²) in [6.07, 6.45) is 3.67. The number of nitrogens with one attached hydrogen (secondary N) is 1. The van der Waals surface area contributed by atoms with E-state index in [9.17, 15) is 8.78 Å². The summed E-state index contributed by atoms with van der Waals surface area (Å²) in [5.41, 5.74) is 6.83. The largest absolute Gasteiger partial charge is 0.395 e. The molecule has 0 atom stereocenters. The zero-order chi connectivity index (χ0) is 18.4. The molecule has 0 amide bonds. The Hall–Kier alpha value is -1.48. The van der Waals surface area contributed by atoms with Gasteiger partial charge < -0.3 is 15.5 Å². The van der Waals surface area contributed by atoms with E-state index in [4.69, 9.17) is 28.9 Å². The van der Waals surface area contributed by atoms with Gasteiger partial charge in [0, 0.05) is 33.6 Å². The molecule has 25 heavy (non-hydrogen) atoms. The number of ether oxygens (including phenoxy) is 1. The van der Waals surface area contributed by atoms with Crippen molar-refractivity contribution in [1.29, 1.82) is 0 Å². The first-order chi connectivity index (χ1) is 11.9. The van der Waals surface area contributed by atoms with Gasteiger partial charge in [0.1, 0.15) is 5.15 Å².